The number of hydrogen-bond donors (Lipinski definition) is 0. The van der Waals surface area contributed by atoms with Gasteiger partial charge in [0, 0.05) is 38.1 Å². The summed E-state index contributed by atoms with van der Waals surface area (Å²) < 4.78 is 2.46. The molecule has 0 N–H and O–H groups in total. The lowest BCUT2D eigenvalue weighted by Gasteiger charge is -2.22. The maximum atomic E-state index is 5.09. The smallest absolute Gasteiger partial charge is 0.111 e. The first kappa shape index (κ1) is 24.0. The van der Waals surface area contributed by atoms with E-state index in [1.165, 1.54) is 34.3 Å². The molecule has 4 nitrogen and oxygen atoms in total. The van der Waals surface area contributed by atoms with Crippen LogP contribution in [0.1, 0.15) is 57.6 Å². The molecule has 4 heteroatoms. The molecule has 4 aromatic rings. The third kappa shape index (κ3) is 4.72. The second-order valence-electron chi connectivity index (χ2n) is 10.8. The number of imidazole rings is 1. The number of pyridine rings is 1. The van der Waals surface area contributed by atoms with Crippen molar-refractivity contribution in [2.45, 2.75) is 60.4 Å². The molecule has 0 spiro atoms. The Kier molecular flexibility index (Phi) is 6.53. The van der Waals surface area contributed by atoms with Gasteiger partial charge in [-0.05, 0) is 41.5 Å². The summed E-state index contributed by atoms with van der Waals surface area (Å²) in [4.78, 5) is 12.1. The van der Waals surface area contributed by atoms with Crippen LogP contribution >= 0.6 is 0 Å². The van der Waals surface area contributed by atoms with Crippen LogP contribution in [-0.2, 0) is 13.0 Å². The van der Waals surface area contributed by atoms with Crippen molar-refractivity contribution in [3.8, 4) is 11.1 Å². The molecule has 4 rings (SSSR count). The molecule has 178 valence electrons. The van der Waals surface area contributed by atoms with Crippen LogP contribution in [0.3, 0.4) is 0 Å². The predicted molar refractivity (Wildman–Crippen MR) is 146 cm³/mol. The van der Waals surface area contributed by atoms with Crippen LogP contribution in [-0.4, -0.2) is 33.5 Å². The molecule has 0 saturated carbocycles. The lowest BCUT2D eigenvalue weighted by Crippen LogP contribution is -2.17. The van der Waals surface area contributed by atoms with Gasteiger partial charge in [0.05, 0.1) is 16.7 Å². The minimum Gasteiger partial charge on any atom is -0.378 e. The second kappa shape index (κ2) is 9.25. The van der Waals surface area contributed by atoms with Crippen LogP contribution in [0, 0.1) is 12.3 Å². The molecule has 0 radical (unpaired) electrons. The predicted octanol–water partition coefficient (Wildman–Crippen LogP) is 7.48. The first-order valence-electron chi connectivity index (χ1n) is 12.4. The van der Waals surface area contributed by atoms with E-state index in [1.807, 2.05) is 19.0 Å². The maximum Gasteiger partial charge on any atom is 0.111 e. The molecular weight excluding hydrogens is 416 g/mol. The zero-order valence-electron chi connectivity index (χ0n) is 21.9. The molecule has 0 fully saturated rings. The Balaban J connectivity index is 1.84. The van der Waals surface area contributed by atoms with Gasteiger partial charge >= 0.3 is 0 Å². The van der Waals surface area contributed by atoms with Crippen molar-refractivity contribution in [2.24, 2.45) is 5.41 Å². The Morgan fingerprint density at radius 3 is 2.29 bits per heavy atom. The number of aryl methyl sites for hydroxylation is 2. The molecule has 0 aliphatic heterocycles. The summed E-state index contributed by atoms with van der Waals surface area (Å²) in [6, 6.07) is 15.3. The second-order valence-corrected chi connectivity index (χ2v) is 10.8. The van der Waals surface area contributed by atoms with E-state index < -0.39 is 0 Å². The van der Waals surface area contributed by atoms with Crippen LogP contribution in [0.25, 0.3) is 38.8 Å². The van der Waals surface area contributed by atoms with Gasteiger partial charge in [-0.15, -0.1) is 0 Å². The molecule has 2 aromatic carbocycles. The average Bonchev–Trinajstić information content (AvgIpc) is 3.14. The largest absolute Gasteiger partial charge is 0.378 e. The zero-order valence-corrected chi connectivity index (χ0v) is 21.9. The van der Waals surface area contributed by atoms with Crippen molar-refractivity contribution >= 4 is 27.6 Å². The third-order valence-corrected chi connectivity index (χ3v) is 6.41. The van der Waals surface area contributed by atoms with E-state index in [-0.39, 0.29) is 5.41 Å². The fourth-order valence-electron chi connectivity index (χ4n) is 4.55. The first-order valence-corrected chi connectivity index (χ1v) is 12.4. The van der Waals surface area contributed by atoms with Crippen molar-refractivity contribution < 1.29 is 0 Å². The highest BCUT2D eigenvalue weighted by Gasteiger charge is 2.21. The van der Waals surface area contributed by atoms with Crippen molar-refractivity contribution in [3.05, 3.63) is 66.1 Å². The Labute approximate surface area is 204 Å². The maximum absolute atomic E-state index is 5.09. The first-order chi connectivity index (χ1) is 16.1. The topological polar surface area (TPSA) is 34.0 Å². The Bertz CT molecular complexity index is 1330. The summed E-state index contributed by atoms with van der Waals surface area (Å²) in [6.45, 7) is 16.3. The Morgan fingerprint density at radius 1 is 1.00 bits per heavy atom. The summed E-state index contributed by atoms with van der Waals surface area (Å²) in [6.07, 6.45) is 3.32. The van der Waals surface area contributed by atoms with E-state index in [0.29, 0.717) is 0 Å². The summed E-state index contributed by atoms with van der Waals surface area (Å²) >= 11 is 0. The highest BCUT2D eigenvalue weighted by atomic mass is 15.1. The third-order valence-electron chi connectivity index (χ3n) is 6.41. The molecule has 2 heterocycles. The standard InChI is InChI=1S/C30H38N4/c1-9-10-11-27-32-28-20(2)31-26-18-24(23-14-12-22(13-15-23)21(3)33(7)8)16-17-25(26)29(28)34(27)19-30(4,5)6/h12-18H,3,9-11,19H2,1-2,4-8H3. The van der Waals surface area contributed by atoms with Crippen molar-refractivity contribution in [3.63, 3.8) is 0 Å². The number of nitrogens with zero attached hydrogens (tertiary/aromatic N) is 4. The highest BCUT2D eigenvalue weighted by Crippen LogP contribution is 2.33. The lowest BCUT2D eigenvalue weighted by molar-refractivity contribution is 0.342. The van der Waals surface area contributed by atoms with Gasteiger partial charge in [0.1, 0.15) is 11.3 Å². The molecule has 0 aliphatic carbocycles. The van der Waals surface area contributed by atoms with Gasteiger partial charge in [-0.2, -0.15) is 0 Å². The molecular formula is C30H38N4. The van der Waals surface area contributed by atoms with E-state index >= 15 is 0 Å². The Morgan fingerprint density at radius 2 is 1.68 bits per heavy atom. The SMILES string of the molecule is C=C(c1ccc(-c2ccc3c(c2)nc(C)c2nc(CCCC)n(CC(C)(C)C)c23)cc1)N(C)C. The molecule has 2 aromatic heterocycles. The molecule has 0 unspecified atom stereocenters. The minimum atomic E-state index is 0.163. The van der Waals surface area contributed by atoms with E-state index in [1.54, 1.807) is 0 Å². The number of aromatic nitrogens is 3. The van der Waals surface area contributed by atoms with E-state index in [2.05, 4.69) is 88.2 Å². The van der Waals surface area contributed by atoms with Crippen molar-refractivity contribution in [1.29, 1.82) is 0 Å². The summed E-state index contributed by atoms with van der Waals surface area (Å²) in [7, 11) is 4.04. The number of unbranched alkanes of at least 4 members (excludes halogenated alkanes) is 1. The van der Waals surface area contributed by atoms with Crippen molar-refractivity contribution in [1.82, 2.24) is 19.4 Å². The monoisotopic (exact) mass is 454 g/mol. The molecule has 0 atom stereocenters. The number of fused-ring (bicyclic) bond motifs is 3. The number of hydrogen-bond acceptors (Lipinski definition) is 3. The number of rotatable bonds is 7. The van der Waals surface area contributed by atoms with Gasteiger partial charge in [-0.25, -0.2) is 4.98 Å². The van der Waals surface area contributed by atoms with Gasteiger partial charge < -0.3 is 9.47 Å². The molecule has 34 heavy (non-hydrogen) atoms. The quantitative estimate of drug-likeness (QED) is 0.290. The van der Waals surface area contributed by atoms with E-state index in [0.717, 1.165) is 47.4 Å². The fraction of sp³-hybridized carbons (Fsp3) is 0.400. The van der Waals surface area contributed by atoms with Gasteiger partial charge in [0.2, 0.25) is 0 Å². The number of benzene rings is 2. The fourth-order valence-corrected chi connectivity index (χ4v) is 4.55. The highest BCUT2D eigenvalue weighted by molar-refractivity contribution is 6.04. The van der Waals surface area contributed by atoms with E-state index in [4.69, 9.17) is 9.97 Å². The van der Waals surface area contributed by atoms with Gasteiger partial charge in [-0.3, -0.25) is 4.98 Å². The average molecular weight is 455 g/mol. The molecule has 0 saturated heterocycles. The van der Waals surface area contributed by atoms with Gasteiger partial charge in [-0.1, -0.05) is 77.1 Å². The normalized spacial score (nSPS) is 12.0. The summed E-state index contributed by atoms with van der Waals surface area (Å²) in [5.74, 6) is 1.19. The van der Waals surface area contributed by atoms with Crippen LogP contribution in [0.15, 0.2) is 49.0 Å². The van der Waals surface area contributed by atoms with Crippen LogP contribution in [0.5, 0.6) is 0 Å². The minimum absolute atomic E-state index is 0.163. The van der Waals surface area contributed by atoms with Crippen LogP contribution in [0.2, 0.25) is 0 Å². The van der Waals surface area contributed by atoms with Crippen LogP contribution < -0.4 is 0 Å². The summed E-state index contributed by atoms with van der Waals surface area (Å²) in [5.41, 5.74) is 8.97. The van der Waals surface area contributed by atoms with Crippen molar-refractivity contribution in [2.75, 3.05) is 14.1 Å². The molecule has 0 bridgehead atoms. The lowest BCUT2D eigenvalue weighted by atomic mass is 9.96. The molecule has 0 aliphatic rings. The summed E-state index contributed by atoms with van der Waals surface area (Å²) in [5, 5.41) is 1.18. The molecule has 0 amide bonds. The van der Waals surface area contributed by atoms with Gasteiger partial charge in [0.25, 0.3) is 0 Å². The van der Waals surface area contributed by atoms with Gasteiger partial charge in [0.15, 0.2) is 0 Å². The van der Waals surface area contributed by atoms with Crippen LogP contribution in [0.4, 0.5) is 0 Å². The Hall–Kier alpha value is -3.14. The van der Waals surface area contributed by atoms with E-state index in [9.17, 15) is 0 Å². The zero-order chi connectivity index (χ0) is 24.6.